The van der Waals surface area contributed by atoms with Crippen LogP contribution >= 0.6 is 24.0 Å². The minimum atomic E-state index is 0. The molecule has 0 aliphatic rings. The third-order valence-corrected chi connectivity index (χ3v) is 2.69. The molecule has 2 N–H and O–H groups in total. The zero-order valence-corrected chi connectivity index (χ0v) is 14.4. The normalized spacial score (nSPS) is 11.5. The van der Waals surface area contributed by atoms with E-state index in [1.165, 1.54) is 0 Å². The van der Waals surface area contributed by atoms with Gasteiger partial charge >= 0.3 is 0 Å². The molecule has 0 aliphatic carbocycles. The Morgan fingerprint density at radius 2 is 2.00 bits per heavy atom. The van der Waals surface area contributed by atoms with Gasteiger partial charge in [0.15, 0.2) is 11.8 Å². The Balaban J connectivity index is 0.00000324. The molecule has 0 fully saturated rings. The summed E-state index contributed by atoms with van der Waals surface area (Å²) in [5, 5.41) is 3.90. The van der Waals surface area contributed by atoms with E-state index in [2.05, 4.69) is 29.0 Å². The van der Waals surface area contributed by atoms with Gasteiger partial charge in [-0.05, 0) is 13.8 Å². The van der Waals surface area contributed by atoms with E-state index in [-0.39, 0.29) is 29.9 Å². The van der Waals surface area contributed by atoms with Crippen molar-refractivity contribution in [2.24, 2.45) is 10.7 Å². The first kappa shape index (κ1) is 18.1. The molecule has 0 bridgehead atoms. The van der Waals surface area contributed by atoms with E-state index >= 15 is 0 Å². The van der Waals surface area contributed by atoms with Crippen molar-refractivity contribution in [1.29, 1.82) is 0 Å². The Labute approximate surface area is 131 Å². The van der Waals surface area contributed by atoms with Crippen LogP contribution in [0.4, 0.5) is 0 Å². The van der Waals surface area contributed by atoms with Crippen LogP contribution < -0.4 is 5.73 Å². The molecule has 1 aromatic heterocycles. The molecule has 0 aromatic carbocycles. The molecule has 1 aromatic rings. The van der Waals surface area contributed by atoms with Gasteiger partial charge < -0.3 is 15.2 Å². The first-order valence-electron chi connectivity index (χ1n) is 6.45. The molecule has 0 saturated heterocycles. The van der Waals surface area contributed by atoms with Crippen molar-refractivity contribution in [3.63, 3.8) is 0 Å². The van der Waals surface area contributed by atoms with Gasteiger partial charge in [0, 0.05) is 25.4 Å². The lowest BCUT2D eigenvalue weighted by molar-refractivity contribution is 0.372. The number of aliphatic imine (C=N–C) groups is 1. The van der Waals surface area contributed by atoms with Crippen molar-refractivity contribution in [2.45, 2.75) is 40.0 Å². The highest BCUT2D eigenvalue weighted by molar-refractivity contribution is 14.0. The maximum absolute atomic E-state index is 5.87. The van der Waals surface area contributed by atoms with Crippen molar-refractivity contribution in [3.8, 4) is 0 Å². The fourth-order valence-corrected chi connectivity index (χ4v) is 1.52. The van der Waals surface area contributed by atoms with Gasteiger partial charge in [-0.15, -0.1) is 24.0 Å². The van der Waals surface area contributed by atoms with Gasteiger partial charge in [-0.1, -0.05) is 19.0 Å². The average molecular weight is 381 g/mol. The second-order valence-electron chi connectivity index (χ2n) is 4.36. The summed E-state index contributed by atoms with van der Waals surface area (Å²) in [5.74, 6) is 2.22. The highest BCUT2D eigenvalue weighted by atomic mass is 127. The predicted molar refractivity (Wildman–Crippen MR) is 86.9 cm³/mol. The van der Waals surface area contributed by atoms with Gasteiger partial charge in [0.1, 0.15) is 0 Å². The fraction of sp³-hybridized carbons (Fsp3) is 0.750. The van der Waals surface area contributed by atoms with Crippen molar-refractivity contribution in [2.75, 3.05) is 19.6 Å². The summed E-state index contributed by atoms with van der Waals surface area (Å²) < 4.78 is 5.14. The first-order valence-corrected chi connectivity index (χ1v) is 6.45. The largest absolute Gasteiger partial charge is 0.370 e. The summed E-state index contributed by atoms with van der Waals surface area (Å²) in [4.78, 5) is 10.6. The molecule has 1 heterocycles. The van der Waals surface area contributed by atoms with Crippen molar-refractivity contribution in [1.82, 2.24) is 15.0 Å². The Kier molecular flexibility index (Phi) is 8.70. The minimum absolute atomic E-state index is 0. The second-order valence-corrected chi connectivity index (χ2v) is 4.36. The Morgan fingerprint density at radius 3 is 2.47 bits per heavy atom. The molecule has 0 radical (unpaired) electrons. The average Bonchev–Trinajstić information content (AvgIpc) is 2.79. The quantitative estimate of drug-likeness (QED) is 0.463. The molecule has 0 spiro atoms. The molecule has 110 valence electrons. The SMILES string of the molecule is CCN(CC)C(N)=NCCc1nc(C(C)C)no1.I. The summed E-state index contributed by atoms with van der Waals surface area (Å²) in [6.45, 7) is 10.5. The van der Waals surface area contributed by atoms with Crippen molar-refractivity contribution in [3.05, 3.63) is 11.7 Å². The molecule has 0 saturated carbocycles. The van der Waals surface area contributed by atoms with Crippen LogP contribution in [-0.2, 0) is 6.42 Å². The van der Waals surface area contributed by atoms with Crippen LogP contribution in [-0.4, -0.2) is 40.6 Å². The number of nitrogens with two attached hydrogens (primary N) is 1. The maximum atomic E-state index is 5.87. The third kappa shape index (κ3) is 5.75. The van der Waals surface area contributed by atoms with Crippen LogP contribution in [0.5, 0.6) is 0 Å². The van der Waals surface area contributed by atoms with E-state index in [0.29, 0.717) is 24.8 Å². The summed E-state index contributed by atoms with van der Waals surface area (Å²) in [7, 11) is 0. The zero-order chi connectivity index (χ0) is 13.5. The molecular weight excluding hydrogens is 357 g/mol. The monoisotopic (exact) mass is 381 g/mol. The van der Waals surface area contributed by atoms with Crippen LogP contribution in [0.1, 0.15) is 45.3 Å². The van der Waals surface area contributed by atoms with Crippen molar-refractivity contribution < 1.29 is 4.52 Å². The lowest BCUT2D eigenvalue weighted by Gasteiger charge is -2.19. The Morgan fingerprint density at radius 1 is 1.37 bits per heavy atom. The lowest BCUT2D eigenvalue weighted by Crippen LogP contribution is -2.37. The van der Waals surface area contributed by atoms with Crippen molar-refractivity contribution >= 4 is 29.9 Å². The molecule has 0 amide bonds. The number of guanidine groups is 1. The second kappa shape index (κ2) is 9.11. The molecular formula is C12H24IN5O. The smallest absolute Gasteiger partial charge is 0.228 e. The van der Waals surface area contributed by atoms with E-state index < -0.39 is 0 Å². The summed E-state index contributed by atoms with van der Waals surface area (Å²) in [6.07, 6.45) is 0.627. The van der Waals surface area contributed by atoms with Gasteiger partial charge in [0.25, 0.3) is 0 Å². The number of hydrogen-bond acceptors (Lipinski definition) is 4. The highest BCUT2D eigenvalue weighted by Gasteiger charge is 2.09. The summed E-state index contributed by atoms with van der Waals surface area (Å²) in [6, 6.07) is 0. The van der Waals surface area contributed by atoms with Crippen LogP contribution in [0.25, 0.3) is 0 Å². The van der Waals surface area contributed by atoms with Gasteiger partial charge in [0.2, 0.25) is 5.89 Å². The van der Waals surface area contributed by atoms with Gasteiger partial charge in [-0.3, -0.25) is 4.99 Å². The van der Waals surface area contributed by atoms with Crippen LogP contribution in [0.15, 0.2) is 9.52 Å². The Hall–Kier alpha value is -0.860. The van der Waals surface area contributed by atoms with E-state index in [1.54, 1.807) is 0 Å². The number of nitrogens with zero attached hydrogens (tertiary/aromatic N) is 4. The zero-order valence-electron chi connectivity index (χ0n) is 12.1. The summed E-state index contributed by atoms with van der Waals surface area (Å²) >= 11 is 0. The van der Waals surface area contributed by atoms with Gasteiger partial charge in [0.05, 0.1) is 6.54 Å². The third-order valence-electron chi connectivity index (χ3n) is 2.69. The first-order chi connectivity index (χ1) is 8.58. The summed E-state index contributed by atoms with van der Waals surface area (Å²) in [5.41, 5.74) is 5.87. The Bertz CT molecular complexity index is 387. The molecule has 0 aliphatic heterocycles. The molecule has 0 atom stereocenters. The number of halogens is 1. The lowest BCUT2D eigenvalue weighted by atomic mass is 10.2. The molecule has 6 nitrogen and oxygen atoms in total. The molecule has 7 heteroatoms. The highest BCUT2D eigenvalue weighted by Crippen LogP contribution is 2.09. The molecule has 19 heavy (non-hydrogen) atoms. The topological polar surface area (TPSA) is 80.5 Å². The number of rotatable bonds is 6. The molecule has 0 unspecified atom stereocenters. The van der Waals surface area contributed by atoms with Crippen LogP contribution in [0.2, 0.25) is 0 Å². The standard InChI is InChI=1S/C12H23N5O.HI/c1-5-17(6-2)12(13)14-8-7-10-15-11(9(3)4)16-18-10;/h9H,5-8H2,1-4H3,(H2,13,14);1H. The van der Waals surface area contributed by atoms with E-state index in [9.17, 15) is 0 Å². The maximum Gasteiger partial charge on any atom is 0.228 e. The van der Waals surface area contributed by atoms with Crippen LogP contribution in [0, 0.1) is 0 Å². The van der Waals surface area contributed by atoms with E-state index in [0.717, 1.165) is 18.9 Å². The fourth-order valence-electron chi connectivity index (χ4n) is 1.52. The van der Waals surface area contributed by atoms with Crippen LogP contribution in [0.3, 0.4) is 0 Å². The van der Waals surface area contributed by atoms with Gasteiger partial charge in [-0.2, -0.15) is 4.98 Å². The predicted octanol–water partition coefficient (Wildman–Crippen LogP) is 2.01. The molecule has 1 rings (SSSR count). The van der Waals surface area contributed by atoms with Gasteiger partial charge in [-0.25, -0.2) is 0 Å². The number of aromatic nitrogens is 2. The number of hydrogen-bond donors (Lipinski definition) is 1. The minimum Gasteiger partial charge on any atom is -0.370 e. The van der Waals surface area contributed by atoms with E-state index in [1.807, 2.05) is 18.7 Å². The van der Waals surface area contributed by atoms with E-state index in [4.69, 9.17) is 10.3 Å².